The minimum atomic E-state index is -1.01. The summed E-state index contributed by atoms with van der Waals surface area (Å²) >= 11 is 1.30. The van der Waals surface area contributed by atoms with E-state index in [4.69, 9.17) is 9.52 Å². The SMILES string of the molecule is Cc1nc(CNc2nc(C(=O)O)c(C)s2)oc1C. The van der Waals surface area contributed by atoms with Gasteiger partial charge in [-0.25, -0.2) is 14.8 Å². The number of nitrogens with one attached hydrogen (secondary N) is 1. The van der Waals surface area contributed by atoms with Gasteiger partial charge in [0.25, 0.3) is 0 Å². The summed E-state index contributed by atoms with van der Waals surface area (Å²) in [6.07, 6.45) is 0. The summed E-state index contributed by atoms with van der Waals surface area (Å²) in [5.74, 6) is 0.336. The van der Waals surface area contributed by atoms with Crippen molar-refractivity contribution in [3.8, 4) is 0 Å². The van der Waals surface area contributed by atoms with E-state index in [1.54, 1.807) is 6.92 Å². The van der Waals surface area contributed by atoms with Crippen LogP contribution >= 0.6 is 11.3 Å². The molecule has 2 rings (SSSR count). The maximum absolute atomic E-state index is 10.8. The standard InChI is InChI=1S/C11H13N3O3S/c1-5-6(2)17-8(13-5)4-12-11-14-9(10(15)16)7(3)18-11/h4H2,1-3H3,(H,12,14)(H,15,16). The van der Waals surface area contributed by atoms with Crippen LogP contribution in [0.15, 0.2) is 4.42 Å². The number of carbonyl (C=O) groups is 1. The van der Waals surface area contributed by atoms with Crippen LogP contribution in [-0.2, 0) is 6.54 Å². The molecule has 0 amide bonds. The van der Waals surface area contributed by atoms with Gasteiger partial charge in [0.05, 0.1) is 12.2 Å². The molecule has 0 saturated heterocycles. The molecule has 2 heterocycles. The average molecular weight is 267 g/mol. The molecule has 18 heavy (non-hydrogen) atoms. The van der Waals surface area contributed by atoms with E-state index in [-0.39, 0.29) is 5.69 Å². The van der Waals surface area contributed by atoms with Gasteiger partial charge in [-0.15, -0.1) is 11.3 Å². The highest BCUT2D eigenvalue weighted by Gasteiger charge is 2.14. The predicted molar refractivity (Wildman–Crippen MR) is 67.1 cm³/mol. The molecule has 96 valence electrons. The number of carboxylic acid groups (broad SMARTS) is 1. The van der Waals surface area contributed by atoms with Gasteiger partial charge in [-0.3, -0.25) is 0 Å². The number of hydrogen-bond acceptors (Lipinski definition) is 6. The van der Waals surface area contributed by atoms with Gasteiger partial charge in [0.2, 0.25) is 5.89 Å². The largest absolute Gasteiger partial charge is 0.476 e. The highest BCUT2D eigenvalue weighted by atomic mass is 32.1. The summed E-state index contributed by atoms with van der Waals surface area (Å²) in [4.78, 5) is 19.7. The van der Waals surface area contributed by atoms with Crippen LogP contribution in [-0.4, -0.2) is 21.0 Å². The van der Waals surface area contributed by atoms with Crippen LogP contribution in [0.4, 0.5) is 5.13 Å². The quantitative estimate of drug-likeness (QED) is 0.884. The van der Waals surface area contributed by atoms with Crippen molar-refractivity contribution in [2.24, 2.45) is 0 Å². The first-order chi connectivity index (χ1) is 8.47. The van der Waals surface area contributed by atoms with Crippen LogP contribution in [0.2, 0.25) is 0 Å². The van der Waals surface area contributed by atoms with E-state index >= 15 is 0 Å². The van der Waals surface area contributed by atoms with Crippen molar-refractivity contribution in [3.63, 3.8) is 0 Å². The number of aromatic nitrogens is 2. The average Bonchev–Trinajstić information content (AvgIpc) is 2.80. The first kappa shape index (κ1) is 12.6. The third-order valence-electron chi connectivity index (χ3n) is 2.46. The molecule has 2 aromatic heterocycles. The van der Waals surface area contributed by atoms with Gasteiger partial charge in [0, 0.05) is 4.88 Å². The summed E-state index contributed by atoms with van der Waals surface area (Å²) in [6, 6.07) is 0. The summed E-state index contributed by atoms with van der Waals surface area (Å²) < 4.78 is 5.41. The number of aryl methyl sites for hydroxylation is 3. The Morgan fingerprint density at radius 1 is 1.39 bits per heavy atom. The molecule has 0 saturated carbocycles. The van der Waals surface area contributed by atoms with Crippen molar-refractivity contribution in [1.29, 1.82) is 0 Å². The van der Waals surface area contributed by atoms with Crippen molar-refractivity contribution in [2.45, 2.75) is 27.3 Å². The monoisotopic (exact) mass is 267 g/mol. The highest BCUT2D eigenvalue weighted by Crippen LogP contribution is 2.22. The van der Waals surface area contributed by atoms with E-state index in [9.17, 15) is 4.79 Å². The Kier molecular flexibility index (Phi) is 3.33. The molecule has 0 radical (unpaired) electrons. The lowest BCUT2D eigenvalue weighted by Crippen LogP contribution is -2.02. The van der Waals surface area contributed by atoms with Crippen molar-refractivity contribution < 1.29 is 14.3 Å². The molecule has 0 aliphatic carbocycles. The third-order valence-corrected chi connectivity index (χ3v) is 3.39. The van der Waals surface area contributed by atoms with Gasteiger partial charge in [-0.1, -0.05) is 0 Å². The zero-order valence-electron chi connectivity index (χ0n) is 10.3. The van der Waals surface area contributed by atoms with E-state index in [1.165, 1.54) is 11.3 Å². The molecule has 2 N–H and O–H groups in total. The van der Waals surface area contributed by atoms with Crippen LogP contribution in [0.3, 0.4) is 0 Å². The minimum absolute atomic E-state index is 0.0854. The Hall–Kier alpha value is -1.89. The molecule has 2 aromatic rings. The Balaban J connectivity index is 2.06. The van der Waals surface area contributed by atoms with Gasteiger partial charge >= 0.3 is 5.97 Å². The Morgan fingerprint density at radius 2 is 2.11 bits per heavy atom. The summed E-state index contributed by atoms with van der Waals surface area (Å²) in [7, 11) is 0. The molecule has 0 aliphatic rings. The number of anilines is 1. The molecule has 0 aromatic carbocycles. The van der Waals surface area contributed by atoms with E-state index in [0.29, 0.717) is 22.4 Å². The van der Waals surface area contributed by atoms with E-state index in [1.807, 2.05) is 13.8 Å². The number of hydrogen-bond donors (Lipinski definition) is 2. The molecule has 0 bridgehead atoms. The van der Waals surface area contributed by atoms with E-state index in [2.05, 4.69) is 15.3 Å². The van der Waals surface area contributed by atoms with Gasteiger partial charge in [0.15, 0.2) is 10.8 Å². The lowest BCUT2D eigenvalue weighted by molar-refractivity contribution is 0.0690. The lowest BCUT2D eigenvalue weighted by Gasteiger charge is -1.97. The molecule has 0 spiro atoms. The zero-order chi connectivity index (χ0) is 13.3. The first-order valence-corrected chi connectivity index (χ1v) is 6.16. The first-order valence-electron chi connectivity index (χ1n) is 5.35. The topological polar surface area (TPSA) is 88.2 Å². The number of oxazole rings is 1. The molecular weight excluding hydrogens is 254 g/mol. The van der Waals surface area contributed by atoms with Gasteiger partial charge < -0.3 is 14.8 Å². The van der Waals surface area contributed by atoms with Crippen LogP contribution in [0.1, 0.15) is 32.7 Å². The number of thiazole rings is 1. The molecular formula is C11H13N3O3S. The fraction of sp³-hybridized carbons (Fsp3) is 0.364. The van der Waals surface area contributed by atoms with Crippen LogP contribution in [0, 0.1) is 20.8 Å². The lowest BCUT2D eigenvalue weighted by atomic mass is 10.4. The molecule has 0 atom stereocenters. The maximum atomic E-state index is 10.8. The normalized spacial score (nSPS) is 10.6. The van der Waals surface area contributed by atoms with Crippen LogP contribution in [0.5, 0.6) is 0 Å². The minimum Gasteiger partial charge on any atom is -0.476 e. The Labute approximate surface area is 108 Å². The summed E-state index contributed by atoms with van der Waals surface area (Å²) in [5.41, 5.74) is 0.940. The summed E-state index contributed by atoms with van der Waals surface area (Å²) in [5, 5.41) is 12.4. The number of aromatic carboxylic acids is 1. The van der Waals surface area contributed by atoms with Gasteiger partial charge in [0.1, 0.15) is 5.76 Å². The fourth-order valence-electron chi connectivity index (χ4n) is 1.44. The van der Waals surface area contributed by atoms with Crippen LogP contribution < -0.4 is 5.32 Å². The van der Waals surface area contributed by atoms with Crippen LogP contribution in [0.25, 0.3) is 0 Å². The fourth-order valence-corrected chi connectivity index (χ4v) is 2.24. The van der Waals surface area contributed by atoms with Gasteiger partial charge in [-0.2, -0.15) is 0 Å². The molecule has 0 fully saturated rings. The predicted octanol–water partition coefficient (Wildman–Crippen LogP) is 2.37. The number of nitrogens with zero attached hydrogens (tertiary/aromatic N) is 2. The Morgan fingerprint density at radius 3 is 2.61 bits per heavy atom. The van der Waals surface area contributed by atoms with Crippen molar-refractivity contribution in [2.75, 3.05) is 5.32 Å². The van der Waals surface area contributed by atoms with Crippen molar-refractivity contribution in [1.82, 2.24) is 9.97 Å². The summed E-state index contributed by atoms with van der Waals surface area (Å²) in [6.45, 7) is 5.84. The van der Waals surface area contributed by atoms with Crippen molar-refractivity contribution >= 4 is 22.4 Å². The van der Waals surface area contributed by atoms with Crippen molar-refractivity contribution in [3.05, 3.63) is 27.9 Å². The Bertz CT molecular complexity index is 569. The second kappa shape index (κ2) is 4.77. The van der Waals surface area contributed by atoms with E-state index in [0.717, 1.165) is 11.5 Å². The molecule has 0 aliphatic heterocycles. The highest BCUT2D eigenvalue weighted by molar-refractivity contribution is 7.15. The second-order valence-corrected chi connectivity index (χ2v) is 5.03. The molecule has 7 heteroatoms. The third kappa shape index (κ3) is 2.51. The second-order valence-electron chi connectivity index (χ2n) is 3.83. The number of rotatable bonds is 4. The number of carboxylic acids is 1. The zero-order valence-corrected chi connectivity index (χ0v) is 11.1. The molecule has 0 unspecified atom stereocenters. The smallest absolute Gasteiger partial charge is 0.355 e. The molecule has 6 nitrogen and oxygen atoms in total. The van der Waals surface area contributed by atoms with Gasteiger partial charge in [-0.05, 0) is 20.8 Å². The maximum Gasteiger partial charge on any atom is 0.355 e. The van der Waals surface area contributed by atoms with E-state index < -0.39 is 5.97 Å².